The molecule has 0 spiro atoms. The molecule has 0 aliphatic rings. The highest BCUT2D eigenvalue weighted by molar-refractivity contribution is 6.07. The van der Waals surface area contributed by atoms with Gasteiger partial charge < -0.3 is 10.2 Å². The number of hydrogen-bond donors (Lipinski definition) is 1. The third-order valence-corrected chi connectivity index (χ3v) is 3.85. The van der Waals surface area contributed by atoms with Crippen molar-refractivity contribution in [2.75, 3.05) is 16.8 Å². The Morgan fingerprint density at radius 2 is 1.92 bits per heavy atom. The number of carbonyl (C=O) groups excluding carboxylic acids is 2. The number of nitrogens with one attached hydrogen (secondary N) is 1. The van der Waals surface area contributed by atoms with Crippen LogP contribution in [-0.4, -0.2) is 18.2 Å². The molecule has 0 saturated heterocycles. The van der Waals surface area contributed by atoms with E-state index in [-0.39, 0.29) is 11.4 Å². The van der Waals surface area contributed by atoms with Gasteiger partial charge in [0, 0.05) is 29.7 Å². The van der Waals surface area contributed by atoms with Crippen LogP contribution in [0, 0.1) is 18.3 Å². The lowest BCUT2D eigenvalue weighted by Gasteiger charge is -2.19. The second-order valence-corrected chi connectivity index (χ2v) is 5.87. The lowest BCUT2D eigenvalue weighted by Crippen LogP contribution is -2.20. The molecule has 2 rings (SSSR count). The summed E-state index contributed by atoms with van der Waals surface area (Å²) < 4.78 is 0. The highest BCUT2D eigenvalue weighted by Crippen LogP contribution is 2.18. The normalized spacial score (nSPS) is 10.8. The van der Waals surface area contributed by atoms with Crippen molar-refractivity contribution in [3.8, 4) is 6.07 Å². The van der Waals surface area contributed by atoms with E-state index in [4.69, 9.17) is 0 Å². The van der Waals surface area contributed by atoms with Gasteiger partial charge in [0.1, 0.15) is 11.6 Å². The maximum absolute atomic E-state index is 12.5. The van der Waals surface area contributed by atoms with Crippen LogP contribution in [0.5, 0.6) is 0 Å². The Labute approximate surface area is 153 Å². The number of amides is 1. The fourth-order valence-corrected chi connectivity index (χ4v) is 2.46. The van der Waals surface area contributed by atoms with Gasteiger partial charge in [0.2, 0.25) is 0 Å². The average Bonchev–Trinajstić information content (AvgIpc) is 2.62. The molecule has 2 aromatic carbocycles. The predicted molar refractivity (Wildman–Crippen MR) is 103 cm³/mol. The Morgan fingerprint density at radius 1 is 1.19 bits per heavy atom. The van der Waals surface area contributed by atoms with Gasteiger partial charge in [-0.05, 0) is 50.6 Å². The van der Waals surface area contributed by atoms with Crippen molar-refractivity contribution < 1.29 is 9.59 Å². The van der Waals surface area contributed by atoms with E-state index in [9.17, 15) is 14.9 Å². The first-order valence-corrected chi connectivity index (χ1v) is 8.32. The lowest BCUT2D eigenvalue weighted by molar-refractivity contribution is -0.112. The number of benzene rings is 2. The van der Waals surface area contributed by atoms with Crippen molar-refractivity contribution in [1.82, 2.24) is 0 Å². The fraction of sp³-hybridized carbons (Fsp3) is 0.190. The monoisotopic (exact) mass is 347 g/mol. The van der Waals surface area contributed by atoms with Crippen LogP contribution in [0.4, 0.5) is 11.4 Å². The van der Waals surface area contributed by atoms with E-state index >= 15 is 0 Å². The van der Waals surface area contributed by atoms with Crippen molar-refractivity contribution in [2.24, 2.45) is 0 Å². The largest absolute Gasteiger partial charge is 0.347 e. The molecule has 0 atom stereocenters. The summed E-state index contributed by atoms with van der Waals surface area (Å²) in [4.78, 5) is 25.8. The Kier molecular flexibility index (Phi) is 6.29. The van der Waals surface area contributed by atoms with Gasteiger partial charge in [-0.15, -0.1) is 0 Å². The van der Waals surface area contributed by atoms with Gasteiger partial charge in [0.15, 0.2) is 5.78 Å². The number of nitriles is 1. The van der Waals surface area contributed by atoms with Gasteiger partial charge in [-0.25, -0.2) is 0 Å². The lowest BCUT2D eigenvalue weighted by atomic mass is 10.1. The SMILES string of the molecule is CCN(/C=C(/C#N)C(=O)Nc1cccc(C(C)=O)c1)c1cccc(C)c1. The van der Waals surface area contributed by atoms with Gasteiger partial charge in [-0.2, -0.15) is 5.26 Å². The second-order valence-electron chi connectivity index (χ2n) is 5.87. The molecule has 5 heteroatoms. The molecule has 2 aromatic rings. The summed E-state index contributed by atoms with van der Waals surface area (Å²) in [6.07, 6.45) is 1.54. The number of ketones is 1. The Bertz CT molecular complexity index is 894. The molecular formula is C21H21N3O2. The van der Waals surface area contributed by atoms with Crippen molar-refractivity contribution in [1.29, 1.82) is 5.26 Å². The quantitative estimate of drug-likeness (QED) is 0.486. The van der Waals surface area contributed by atoms with Crippen molar-refractivity contribution in [3.05, 3.63) is 71.4 Å². The third kappa shape index (κ3) is 4.81. The van der Waals surface area contributed by atoms with E-state index in [1.807, 2.05) is 49.1 Å². The van der Waals surface area contributed by atoms with Gasteiger partial charge in [-0.1, -0.05) is 24.3 Å². The number of aryl methyl sites for hydroxylation is 1. The van der Waals surface area contributed by atoms with Crippen LogP contribution in [-0.2, 0) is 4.79 Å². The minimum absolute atomic E-state index is 0.0124. The molecule has 26 heavy (non-hydrogen) atoms. The molecular weight excluding hydrogens is 326 g/mol. The summed E-state index contributed by atoms with van der Waals surface area (Å²) in [5.74, 6) is -0.604. The summed E-state index contributed by atoms with van der Waals surface area (Å²) in [6.45, 7) is 6.01. The Morgan fingerprint density at radius 3 is 2.54 bits per heavy atom. The number of carbonyl (C=O) groups is 2. The third-order valence-electron chi connectivity index (χ3n) is 3.85. The van der Waals surface area contributed by atoms with Crippen LogP contribution in [0.25, 0.3) is 0 Å². The molecule has 5 nitrogen and oxygen atoms in total. The number of nitrogens with zero attached hydrogens (tertiary/aromatic N) is 2. The fourth-order valence-electron chi connectivity index (χ4n) is 2.46. The summed E-state index contributed by atoms with van der Waals surface area (Å²) in [7, 11) is 0. The molecule has 0 aliphatic heterocycles. The molecule has 0 radical (unpaired) electrons. The number of anilines is 2. The van der Waals surface area contributed by atoms with E-state index in [1.54, 1.807) is 30.5 Å². The summed E-state index contributed by atoms with van der Waals surface area (Å²) in [5, 5.41) is 12.1. The van der Waals surface area contributed by atoms with E-state index in [1.165, 1.54) is 6.92 Å². The highest BCUT2D eigenvalue weighted by Gasteiger charge is 2.13. The molecule has 0 bridgehead atoms. The van der Waals surface area contributed by atoms with E-state index < -0.39 is 5.91 Å². The molecule has 132 valence electrons. The number of rotatable bonds is 6. The first kappa shape index (κ1) is 18.9. The molecule has 0 aliphatic carbocycles. The average molecular weight is 347 g/mol. The minimum atomic E-state index is -0.515. The number of hydrogen-bond acceptors (Lipinski definition) is 4. The molecule has 0 unspecified atom stereocenters. The van der Waals surface area contributed by atoms with Crippen molar-refractivity contribution in [2.45, 2.75) is 20.8 Å². The maximum Gasteiger partial charge on any atom is 0.267 e. The van der Waals surface area contributed by atoms with Gasteiger partial charge >= 0.3 is 0 Å². The maximum atomic E-state index is 12.5. The first-order valence-electron chi connectivity index (χ1n) is 8.32. The zero-order valence-corrected chi connectivity index (χ0v) is 15.1. The summed E-state index contributed by atoms with van der Waals surface area (Å²) in [5.41, 5.74) is 2.97. The second kappa shape index (κ2) is 8.63. The van der Waals surface area contributed by atoms with Gasteiger partial charge in [0.05, 0.1) is 0 Å². The molecule has 0 saturated carbocycles. The van der Waals surface area contributed by atoms with Gasteiger partial charge in [0.25, 0.3) is 5.91 Å². The van der Waals surface area contributed by atoms with Crippen LogP contribution in [0.2, 0.25) is 0 Å². The van der Waals surface area contributed by atoms with Gasteiger partial charge in [-0.3, -0.25) is 9.59 Å². The van der Waals surface area contributed by atoms with Crippen LogP contribution >= 0.6 is 0 Å². The Hall–Kier alpha value is -3.39. The van der Waals surface area contributed by atoms with Crippen LogP contribution in [0.15, 0.2) is 60.3 Å². The molecule has 0 aromatic heterocycles. The number of Topliss-reactive ketones (excluding diaryl/α,β-unsaturated/α-hetero) is 1. The molecule has 0 fully saturated rings. The first-order chi connectivity index (χ1) is 12.4. The minimum Gasteiger partial charge on any atom is -0.347 e. The Balaban J connectivity index is 2.24. The molecule has 0 heterocycles. The van der Waals surface area contributed by atoms with Crippen LogP contribution in [0.1, 0.15) is 29.8 Å². The van der Waals surface area contributed by atoms with Crippen molar-refractivity contribution >= 4 is 23.1 Å². The predicted octanol–water partition coefficient (Wildman–Crippen LogP) is 4.07. The zero-order valence-electron chi connectivity index (χ0n) is 15.1. The van der Waals surface area contributed by atoms with E-state index in [0.29, 0.717) is 17.8 Å². The topological polar surface area (TPSA) is 73.2 Å². The smallest absolute Gasteiger partial charge is 0.267 e. The van der Waals surface area contributed by atoms with E-state index in [2.05, 4.69) is 5.32 Å². The summed E-state index contributed by atoms with van der Waals surface area (Å²) >= 11 is 0. The molecule has 1 N–H and O–H groups in total. The standard InChI is InChI=1S/C21H21N3O2/c1-4-24(20-10-5-7-15(2)11-20)14-18(13-22)21(26)23-19-9-6-8-17(12-19)16(3)25/h5-12,14H,4H2,1-3H3,(H,23,26)/b18-14-. The van der Waals surface area contributed by atoms with Crippen LogP contribution < -0.4 is 10.2 Å². The highest BCUT2D eigenvalue weighted by atomic mass is 16.1. The zero-order chi connectivity index (χ0) is 19.1. The molecule has 1 amide bonds. The van der Waals surface area contributed by atoms with Crippen LogP contribution in [0.3, 0.4) is 0 Å². The van der Waals surface area contributed by atoms with E-state index in [0.717, 1.165) is 11.3 Å². The van der Waals surface area contributed by atoms with Crippen molar-refractivity contribution in [3.63, 3.8) is 0 Å². The summed E-state index contributed by atoms with van der Waals surface area (Å²) in [6, 6.07) is 16.4.